The van der Waals surface area contributed by atoms with Crippen LogP contribution < -0.4 is 5.32 Å². The zero-order valence-electron chi connectivity index (χ0n) is 11.0. The van der Waals surface area contributed by atoms with E-state index in [2.05, 4.69) is 17.2 Å². The van der Waals surface area contributed by atoms with E-state index in [1.807, 2.05) is 13.0 Å². The third-order valence-corrected chi connectivity index (χ3v) is 4.18. The minimum Gasteiger partial charge on any atom is -0.384 e. The van der Waals surface area contributed by atoms with Gasteiger partial charge in [-0.15, -0.1) is 11.3 Å². The van der Waals surface area contributed by atoms with Crippen molar-refractivity contribution in [1.82, 2.24) is 0 Å². The Hall–Kier alpha value is -1.51. The lowest BCUT2D eigenvalue weighted by molar-refractivity contribution is 0.102. The number of nitrogens with one attached hydrogen (secondary N) is 1. The number of benzene rings is 1. The van der Waals surface area contributed by atoms with E-state index in [1.165, 1.54) is 0 Å². The second-order valence-corrected chi connectivity index (χ2v) is 6.47. The first-order valence-electron chi connectivity index (χ1n) is 5.98. The second kappa shape index (κ2) is 6.97. The van der Waals surface area contributed by atoms with E-state index >= 15 is 0 Å². The van der Waals surface area contributed by atoms with Crippen molar-refractivity contribution in [3.05, 3.63) is 49.6 Å². The highest BCUT2D eigenvalue weighted by Crippen LogP contribution is 2.31. The molecule has 0 fully saturated rings. The first-order valence-corrected chi connectivity index (χ1v) is 7.55. The van der Waals surface area contributed by atoms with E-state index in [9.17, 15) is 4.79 Å². The quantitative estimate of drug-likeness (QED) is 0.813. The molecule has 0 bridgehead atoms. The fourth-order valence-electron chi connectivity index (χ4n) is 1.71. The summed E-state index contributed by atoms with van der Waals surface area (Å²) in [5, 5.41) is 11.5. The summed E-state index contributed by atoms with van der Waals surface area (Å²) in [6, 6.07) is 6.91. The molecule has 21 heavy (non-hydrogen) atoms. The van der Waals surface area contributed by atoms with Crippen LogP contribution in [0.5, 0.6) is 0 Å². The molecule has 108 valence electrons. The lowest BCUT2D eigenvalue weighted by Crippen LogP contribution is -2.12. The number of rotatable bonds is 2. The number of carbonyl (C=O) groups excluding carboxylic acids is 1. The summed E-state index contributed by atoms with van der Waals surface area (Å²) < 4.78 is 0.831. The van der Waals surface area contributed by atoms with Crippen LogP contribution in [0.2, 0.25) is 8.67 Å². The molecule has 1 aromatic heterocycles. The topological polar surface area (TPSA) is 49.3 Å². The molecule has 2 rings (SSSR count). The van der Waals surface area contributed by atoms with Gasteiger partial charge in [-0.25, -0.2) is 0 Å². The van der Waals surface area contributed by atoms with Gasteiger partial charge >= 0.3 is 0 Å². The molecule has 0 unspecified atom stereocenters. The van der Waals surface area contributed by atoms with Crippen molar-refractivity contribution in [3.63, 3.8) is 0 Å². The van der Waals surface area contributed by atoms with Crippen molar-refractivity contribution in [2.24, 2.45) is 0 Å². The number of aliphatic hydroxyl groups is 1. The maximum atomic E-state index is 12.1. The summed E-state index contributed by atoms with van der Waals surface area (Å²) >= 11 is 12.9. The van der Waals surface area contributed by atoms with Crippen LogP contribution in [0.4, 0.5) is 5.69 Å². The molecule has 0 saturated heterocycles. The molecular weight excluding hydrogens is 329 g/mol. The van der Waals surface area contributed by atoms with Crippen molar-refractivity contribution in [2.75, 3.05) is 11.9 Å². The average Bonchev–Trinajstić information content (AvgIpc) is 2.78. The summed E-state index contributed by atoms with van der Waals surface area (Å²) in [5.74, 6) is 5.08. The summed E-state index contributed by atoms with van der Waals surface area (Å²) in [4.78, 5) is 12.1. The van der Waals surface area contributed by atoms with Gasteiger partial charge in [-0.2, -0.15) is 0 Å². The summed E-state index contributed by atoms with van der Waals surface area (Å²) in [6.07, 6.45) is 0. The number of amides is 1. The minimum absolute atomic E-state index is 0.186. The van der Waals surface area contributed by atoms with Gasteiger partial charge < -0.3 is 10.4 Å². The molecule has 0 spiro atoms. The number of halogens is 2. The zero-order chi connectivity index (χ0) is 15.4. The molecule has 6 heteroatoms. The van der Waals surface area contributed by atoms with Crippen LogP contribution in [-0.4, -0.2) is 17.6 Å². The Labute approximate surface area is 136 Å². The molecule has 0 aliphatic heterocycles. The van der Waals surface area contributed by atoms with Gasteiger partial charge in [0.15, 0.2) is 0 Å². The van der Waals surface area contributed by atoms with Crippen LogP contribution in [0.25, 0.3) is 0 Å². The Morgan fingerprint density at radius 1 is 1.38 bits per heavy atom. The molecule has 3 nitrogen and oxygen atoms in total. The number of anilines is 1. The summed E-state index contributed by atoms with van der Waals surface area (Å²) in [6.45, 7) is 1.68. The van der Waals surface area contributed by atoms with Gasteiger partial charge in [0.05, 0.1) is 9.90 Å². The Bertz CT molecular complexity index is 744. The van der Waals surface area contributed by atoms with Crippen molar-refractivity contribution < 1.29 is 9.90 Å². The lowest BCUT2D eigenvalue weighted by Gasteiger charge is -2.08. The largest absolute Gasteiger partial charge is 0.384 e. The van der Waals surface area contributed by atoms with Gasteiger partial charge in [0.25, 0.3) is 5.91 Å². The Balaban J connectivity index is 2.20. The number of aryl methyl sites for hydroxylation is 1. The van der Waals surface area contributed by atoms with E-state index in [-0.39, 0.29) is 12.5 Å². The van der Waals surface area contributed by atoms with Gasteiger partial charge in [0, 0.05) is 11.3 Å². The standard InChI is InChI=1S/C15H11Cl2NO2S/c1-9-7-10(3-2-6-19)4-5-12(9)18-15(20)11-8-13(16)21-14(11)17/h4-5,7-8,19H,6H2,1H3,(H,18,20). The van der Waals surface area contributed by atoms with Crippen molar-refractivity contribution in [1.29, 1.82) is 0 Å². The number of aliphatic hydroxyl groups excluding tert-OH is 1. The van der Waals surface area contributed by atoms with Gasteiger partial charge in [0.1, 0.15) is 10.9 Å². The molecule has 1 amide bonds. The Kier molecular flexibility index (Phi) is 5.27. The van der Waals surface area contributed by atoms with Crippen LogP contribution in [0.1, 0.15) is 21.5 Å². The van der Waals surface area contributed by atoms with E-state index in [0.717, 1.165) is 22.5 Å². The molecule has 0 aliphatic carbocycles. The molecule has 0 aliphatic rings. The molecule has 2 N–H and O–H groups in total. The van der Waals surface area contributed by atoms with Gasteiger partial charge in [0.2, 0.25) is 0 Å². The second-order valence-electron chi connectivity index (χ2n) is 4.18. The van der Waals surface area contributed by atoms with Gasteiger partial charge in [-0.3, -0.25) is 4.79 Å². The summed E-state index contributed by atoms with van der Waals surface area (Å²) in [5.41, 5.74) is 2.67. The molecule has 2 aromatic rings. The van der Waals surface area contributed by atoms with E-state index in [1.54, 1.807) is 18.2 Å². The highest BCUT2D eigenvalue weighted by Gasteiger charge is 2.15. The van der Waals surface area contributed by atoms with Crippen molar-refractivity contribution in [2.45, 2.75) is 6.92 Å². The van der Waals surface area contributed by atoms with Crippen LogP contribution in [0, 0.1) is 18.8 Å². The third-order valence-electron chi connectivity index (χ3n) is 2.69. The molecular formula is C15H11Cl2NO2S. The fourth-order valence-corrected chi connectivity index (χ4v) is 3.17. The first-order chi connectivity index (χ1) is 10.0. The first kappa shape index (κ1) is 15.9. The van der Waals surface area contributed by atoms with E-state index in [4.69, 9.17) is 28.3 Å². The normalized spacial score (nSPS) is 9.90. The van der Waals surface area contributed by atoms with Crippen LogP contribution in [0.15, 0.2) is 24.3 Å². The number of hydrogen-bond donors (Lipinski definition) is 2. The lowest BCUT2D eigenvalue weighted by atomic mass is 10.1. The maximum absolute atomic E-state index is 12.1. The van der Waals surface area contributed by atoms with E-state index in [0.29, 0.717) is 19.9 Å². The number of thiophene rings is 1. The van der Waals surface area contributed by atoms with Crippen molar-refractivity contribution in [3.8, 4) is 11.8 Å². The molecule has 1 aromatic carbocycles. The fraction of sp³-hybridized carbons (Fsp3) is 0.133. The van der Waals surface area contributed by atoms with Crippen LogP contribution in [-0.2, 0) is 0 Å². The molecule has 0 saturated carbocycles. The van der Waals surface area contributed by atoms with Gasteiger partial charge in [-0.1, -0.05) is 35.0 Å². The predicted molar refractivity (Wildman–Crippen MR) is 87.4 cm³/mol. The Morgan fingerprint density at radius 2 is 2.14 bits per heavy atom. The minimum atomic E-state index is -0.305. The SMILES string of the molecule is Cc1cc(C#CCO)ccc1NC(=O)c1cc(Cl)sc1Cl. The maximum Gasteiger partial charge on any atom is 0.258 e. The molecule has 1 heterocycles. The zero-order valence-corrected chi connectivity index (χ0v) is 13.4. The molecule has 0 radical (unpaired) electrons. The van der Waals surface area contributed by atoms with Crippen LogP contribution in [0.3, 0.4) is 0 Å². The number of carbonyl (C=O) groups is 1. The smallest absolute Gasteiger partial charge is 0.258 e. The average molecular weight is 340 g/mol. The predicted octanol–water partition coefficient (Wildman–Crippen LogP) is 3.96. The highest BCUT2D eigenvalue weighted by molar-refractivity contribution is 7.20. The van der Waals surface area contributed by atoms with E-state index < -0.39 is 0 Å². The highest BCUT2D eigenvalue weighted by atomic mass is 35.5. The van der Waals surface area contributed by atoms with Gasteiger partial charge in [-0.05, 0) is 36.8 Å². The van der Waals surface area contributed by atoms with Crippen molar-refractivity contribution >= 4 is 46.1 Å². The Morgan fingerprint density at radius 3 is 2.71 bits per heavy atom. The van der Waals surface area contributed by atoms with Crippen LogP contribution >= 0.6 is 34.5 Å². The third kappa shape index (κ3) is 3.99. The molecule has 0 atom stereocenters. The monoisotopic (exact) mass is 339 g/mol. The summed E-state index contributed by atoms with van der Waals surface area (Å²) in [7, 11) is 0. The number of hydrogen-bond acceptors (Lipinski definition) is 3.